The number of epoxide rings is 1. The molecule has 1 heterocycles. The van der Waals surface area contributed by atoms with Gasteiger partial charge in [-0.25, -0.2) is 5.01 Å². The van der Waals surface area contributed by atoms with Crippen molar-refractivity contribution in [2.24, 2.45) is 0 Å². The fourth-order valence-corrected chi connectivity index (χ4v) is 0.895. The van der Waals surface area contributed by atoms with Crippen molar-refractivity contribution in [2.75, 3.05) is 40.5 Å². The van der Waals surface area contributed by atoms with Crippen LogP contribution >= 0.6 is 0 Å². The normalized spacial score (nSPS) is 21.8. The molecule has 0 aromatic heterocycles. The maximum absolute atomic E-state index is 5.37. The number of hydrogen-bond donors (Lipinski definition) is 1. The highest BCUT2D eigenvalue weighted by Gasteiger charge is 2.21. The molecule has 0 saturated carbocycles. The highest BCUT2D eigenvalue weighted by atomic mass is 16.6. The monoisotopic (exact) mass is 174 g/mol. The Morgan fingerprint density at radius 3 is 3.00 bits per heavy atom. The van der Waals surface area contributed by atoms with E-state index in [2.05, 4.69) is 5.43 Å². The van der Waals surface area contributed by atoms with Crippen molar-refractivity contribution < 1.29 is 9.47 Å². The lowest BCUT2D eigenvalue weighted by Crippen LogP contribution is -2.32. The fraction of sp³-hybridized carbons (Fsp3) is 1.00. The minimum atomic E-state index is 0.395. The molecule has 0 spiro atoms. The quantitative estimate of drug-likeness (QED) is 0.331. The third-order valence-electron chi connectivity index (χ3n) is 1.87. The minimum Gasteiger partial charge on any atom is -0.379 e. The van der Waals surface area contributed by atoms with Crippen LogP contribution in [0.1, 0.15) is 6.42 Å². The van der Waals surface area contributed by atoms with E-state index in [0.717, 1.165) is 32.8 Å². The van der Waals surface area contributed by atoms with E-state index in [1.165, 1.54) is 0 Å². The average Bonchev–Trinajstić information content (AvgIpc) is 2.87. The Morgan fingerprint density at radius 1 is 1.67 bits per heavy atom. The van der Waals surface area contributed by atoms with Gasteiger partial charge in [-0.05, 0) is 13.5 Å². The van der Waals surface area contributed by atoms with Gasteiger partial charge in [0.05, 0.1) is 13.2 Å². The van der Waals surface area contributed by atoms with Crippen LogP contribution in [-0.4, -0.2) is 51.6 Å². The van der Waals surface area contributed by atoms with E-state index >= 15 is 0 Å². The first kappa shape index (κ1) is 9.92. The molecule has 1 unspecified atom stereocenters. The van der Waals surface area contributed by atoms with Crippen molar-refractivity contribution in [2.45, 2.75) is 12.5 Å². The zero-order chi connectivity index (χ0) is 8.81. The number of nitrogens with zero attached hydrogens (tertiary/aromatic N) is 1. The minimum absolute atomic E-state index is 0.395. The zero-order valence-corrected chi connectivity index (χ0v) is 7.88. The molecule has 1 rings (SSSR count). The first-order valence-electron chi connectivity index (χ1n) is 4.41. The number of ether oxygens (including phenoxy) is 2. The van der Waals surface area contributed by atoms with E-state index in [-0.39, 0.29) is 0 Å². The SMILES string of the molecule is CNN(C)CCCOCC1CO1. The maximum Gasteiger partial charge on any atom is 0.104 e. The van der Waals surface area contributed by atoms with Gasteiger partial charge in [-0.3, -0.25) is 5.43 Å². The van der Waals surface area contributed by atoms with E-state index in [1.807, 2.05) is 19.1 Å². The van der Waals surface area contributed by atoms with Crippen molar-refractivity contribution in [3.8, 4) is 0 Å². The third kappa shape index (κ3) is 4.66. The van der Waals surface area contributed by atoms with Gasteiger partial charge >= 0.3 is 0 Å². The molecular weight excluding hydrogens is 156 g/mol. The summed E-state index contributed by atoms with van der Waals surface area (Å²) in [6.45, 7) is 3.49. The molecule has 0 radical (unpaired) electrons. The zero-order valence-electron chi connectivity index (χ0n) is 7.88. The molecule has 0 bridgehead atoms. The molecule has 4 nitrogen and oxygen atoms in total. The molecule has 72 valence electrons. The van der Waals surface area contributed by atoms with E-state index in [4.69, 9.17) is 9.47 Å². The molecule has 1 saturated heterocycles. The van der Waals surface area contributed by atoms with E-state index in [9.17, 15) is 0 Å². The Bertz CT molecular complexity index is 118. The molecule has 12 heavy (non-hydrogen) atoms. The van der Waals surface area contributed by atoms with Crippen LogP contribution in [0.25, 0.3) is 0 Å². The standard InChI is InChI=1S/C8H18N2O2/c1-9-10(2)4-3-5-11-6-8-7-12-8/h8-9H,3-7H2,1-2H3. The van der Waals surface area contributed by atoms with E-state index in [0.29, 0.717) is 6.10 Å². The first-order chi connectivity index (χ1) is 5.83. The van der Waals surface area contributed by atoms with Crippen LogP contribution in [0, 0.1) is 0 Å². The highest BCUT2D eigenvalue weighted by molar-refractivity contribution is 4.67. The number of hydrazine groups is 1. The van der Waals surface area contributed by atoms with Crippen molar-refractivity contribution in [1.82, 2.24) is 10.4 Å². The molecule has 1 N–H and O–H groups in total. The van der Waals surface area contributed by atoms with Crippen LogP contribution in [0.2, 0.25) is 0 Å². The lowest BCUT2D eigenvalue weighted by molar-refractivity contribution is 0.104. The number of hydrogen-bond acceptors (Lipinski definition) is 4. The van der Waals surface area contributed by atoms with Crippen LogP contribution in [0.4, 0.5) is 0 Å². The number of nitrogens with one attached hydrogen (secondary N) is 1. The summed E-state index contributed by atoms with van der Waals surface area (Å²) in [5.41, 5.74) is 3.03. The molecule has 1 aliphatic heterocycles. The second-order valence-electron chi connectivity index (χ2n) is 3.03. The maximum atomic E-state index is 5.37. The van der Waals surface area contributed by atoms with E-state index < -0.39 is 0 Å². The van der Waals surface area contributed by atoms with Gasteiger partial charge in [0.2, 0.25) is 0 Å². The van der Waals surface area contributed by atoms with Gasteiger partial charge in [0.15, 0.2) is 0 Å². The topological polar surface area (TPSA) is 37.0 Å². The van der Waals surface area contributed by atoms with Crippen LogP contribution in [-0.2, 0) is 9.47 Å². The predicted octanol–water partition coefficient (Wildman–Crippen LogP) is -0.142. The second-order valence-corrected chi connectivity index (χ2v) is 3.03. The second kappa shape index (κ2) is 5.48. The summed E-state index contributed by atoms with van der Waals surface area (Å²) in [6, 6.07) is 0. The Kier molecular flexibility index (Phi) is 4.53. The summed E-state index contributed by atoms with van der Waals surface area (Å²) in [4.78, 5) is 0. The van der Waals surface area contributed by atoms with Crippen LogP contribution in [0.3, 0.4) is 0 Å². The predicted molar refractivity (Wildman–Crippen MR) is 46.9 cm³/mol. The van der Waals surface area contributed by atoms with Crippen molar-refractivity contribution >= 4 is 0 Å². The summed E-state index contributed by atoms with van der Waals surface area (Å²) >= 11 is 0. The molecule has 1 fully saturated rings. The summed E-state index contributed by atoms with van der Waals surface area (Å²) in [5, 5.41) is 2.04. The Balaban J connectivity index is 1.75. The summed E-state index contributed by atoms with van der Waals surface area (Å²) in [7, 11) is 3.93. The molecule has 0 aliphatic carbocycles. The highest BCUT2D eigenvalue weighted by Crippen LogP contribution is 2.08. The Labute approximate surface area is 73.8 Å². The molecule has 1 aliphatic rings. The summed E-state index contributed by atoms with van der Waals surface area (Å²) in [6.07, 6.45) is 1.45. The van der Waals surface area contributed by atoms with Gasteiger partial charge in [-0.2, -0.15) is 0 Å². The van der Waals surface area contributed by atoms with Gasteiger partial charge in [-0.1, -0.05) is 0 Å². The van der Waals surface area contributed by atoms with Gasteiger partial charge < -0.3 is 9.47 Å². The third-order valence-corrected chi connectivity index (χ3v) is 1.87. The first-order valence-corrected chi connectivity index (χ1v) is 4.41. The van der Waals surface area contributed by atoms with Gasteiger partial charge in [0, 0.05) is 20.2 Å². The van der Waals surface area contributed by atoms with Crippen LogP contribution in [0.5, 0.6) is 0 Å². The number of rotatable bonds is 7. The molecule has 0 amide bonds. The van der Waals surface area contributed by atoms with Crippen LogP contribution < -0.4 is 5.43 Å². The van der Waals surface area contributed by atoms with E-state index in [1.54, 1.807) is 0 Å². The summed E-state index contributed by atoms with van der Waals surface area (Å²) in [5.74, 6) is 0. The van der Waals surface area contributed by atoms with Gasteiger partial charge in [0.1, 0.15) is 6.10 Å². The smallest absolute Gasteiger partial charge is 0.104 e. The Hall–Kier alpha value is -0.160. The van der Waals surface area contributed by atoms with Crippen molar-refractivity contribution in [3.63, 3.8) is 0 Å². The Morgan fingerprint density at radius 2 is 2.42 bits per heavy atom. The molecule has 4 heteroatoms. The van der Waals surface area contributed by atoms with Gasteiger partial charge in [0.25, 0.3) is 0 Å². The summed E-state index contributed by atoms with van der Waals surface area (Å²) < 4.78 is 10.4. The van der Waals surface area contributed by atoms with Gasteiger partial charge in [-0.15, -0.1) is 0 Å². The fourth-order valence-electron chi connectivity index (χ4n) is 0.895. The van der Waals surface area contributed by atoms with Crippen molar-refractivity contribution in [1.29, 1.82) is 0 Å². The lowest BCUT2D eigenvalue weighted by atomic mass is 10.4. The largest absolute Gasteiger partial charge is 0.379 e. The van der Waals surface area contributed by atoms with Crippen molar-refractivity contribution in [3.05, 3.63) is 0 Å². The average molecular weight is 174 g/mol. The van der Waals surface area contributed by atoms with Crippen LogP contribution in [0.15, 0.2) is 0 Å². The molecule has 1 atom stereocenters. The molecule has 0 aromatic rings. The molecule has 0 aromatic carbocycles. The molecular formula is C8H18N2O2. The lowest BCUT2D eigenvalue weighted by Gasteiger charge is -2.13.